The number of pyridine rings is 1. The Labute approximate surface area is 118 Å². The summed E-state index contributed by atoms with van der Waals surface area (Å²) in [5.41, 5.74) is 2.15. The first-order valence-corrected chi connectivity index (χ1v) is 6.42. The predicted octanol–water partition coefficient (Wildman–Crippen LogP) is 4.06. The first-order valence-electron chi connectivity index (χ1n) is 5.25. The molecule has 92 valence electrons. The molecular weight excluding hydrogens is 316 g/mol. The van der Waals surface area contributed by atoms with Gasteiger partial charge >= 0.3 is 0 Å². The van der Waals surface area contributed by atoms with Gasteiger partial charge in [0, 0.05) is 10.0 Å². The van der Waals surface area contributed by atoms with Crippen LogP contribution < -0.4 is 5.32 Å². The van der Waals surface area contributed by atoms with Gasteiger partial charge in [0.25, 0.3) is 5.91 Å². The SMILES string of the molecule is Cc1ccc(Br)cc1C(=O)Nc1ccc(Cl)nc1. The average molecular weight is 326 g/mol. The maximum atomic E-state index is 12.1. The zero-order valence-corrected chi connectivity index (χ0v) is 11.9. The highest BCUT2D eigenvalue weighted by atomic mass is 79.9. The van der Waals surface area contributed by atoms with Gasteiger partial charge in [-0.05, 0) is 36.8 Å². The second-order valence-electron chi connectivity index (χ2n) is 3.78. The number of amides is 1. The Bertz CT molecular complexity index is 584. The van der Waals surface area contributed by atoms with E-state index < -0.39 is 0 Å². The maximum absolute atomic E-state index is 12.1. The van der Waals surface area contributed by atoms with E-state index in [1.165, 1.54) is 6.20 Å². The summed E-state index contributed by atoms with van der Waals surface area (Å²) in [5.74, 6) is -0.169. The summed E-state index contributed by atoms with van der Waals surface area (Å²) in [6, 6.07) is 8.91. The molecule has 0 aliphatic carbocycles. The third-order valence-corrected chi connectivity index (χ3v) is 3.15. The molecule has 3 nitrogen and oxygen atoms in total. The van der Waals surface area contributed by atoms with Gasteiger partial charge in [0.05, 0.1) is 11.9 Å². The van der Waals surface area contributed by atoms with Gasteiger partial charge in [-0.1, -0.05) is 33.6 Å². The van der Waals surface area contributed by atoms with E-state index in [1.54, 1.807) is 18.2 Å². The summed E-state index contributed by atoms with van der Waals surface area (Å²) >= 11 is 9.03. The van der Waals surface area contributed by atoms with E-state index in [9.17, 15) is 4.79 Å². The fraction of sp³-hybridized carbons (Fsp3) is 0.0769. The molecule has 2 aromatic rings. The van der Waals surface area contributed by atoms with Gasteiger partial charge in [-0.3, -0.25) is 4.79 Å². The van der Waals surface area contributed by atoms with Crippen LogP contribution in [0.4, 0.5) is 5.69 Å². The van der Waals surface area contributed by atoms with Gasteiger partial charge in [0.2, 0.25) is 0 Å². The fourth-order valence-corrected chi connectivity index (χ4v) is 1.96. The molecule has 2 rings (SSSR count). The summed E-state index contributed by atoms with van der Waals surface area (Å²) < 4.78 is 0.868. The van der Waals surface area contributed by atoms with E-state index in [1.807, 2.05) is 19.1 Å². The number of aromatic nitrogens is 1. The van der Waals surface area contributed by atoms with Crippen molar-refractivity contribution in [1.82, 2.24) is 4.98 Å². The average Bonchev–Trinajstić information content (AvgIpc) is 2.35. The minimum absolute atomic E-state index is 0.169. The summed E-state index contributed by atoms with van der Waals surface area (Å²) in [6.07, 6.45) is 1.52. The van der Waals surface area contributed by atoms with Crippen molar-refractivity contribution in [2.75, 3.05) is 5.32 Å². The quantitative estimate of drug-likeness (QED) is 0.846. The number of carbonyl (C=O) groups is 1. The van der Waals surface area contributed by atoms with Crippen molar-refractivity contribution in [3.05, 3.63) is 57.3 Å². The lowest BCUT2D eigenvalue weighted by Gasteiger charge is -2.07. The zero-order valence-electron chi connectivity index (χ0n) is 9.58. The van der Waals surface area contributed by atoms with Crippen molar-refractivity contribution in [2.45, 2.75) is 6.92 Å². The molecule has 1 N–H and O–H groups in total. The van der Waals surface area contributed by atoms with Crippen LogP contribution in [0.3, 0.4) is 0 Å². The second-order valence-corrected chi connectivity index (χ2v) is 5.09. The number of rotatable bonds is 2. The summed E-state index contributed by atoms with van der Waals surface area (Å²) in [7, 11) is 0. The van der Waals surface area contributed by atoms with Crippen molar-refractivity contribution in [1.29, 1.82) is 0 Å². The van der Waals surface area contributed by atoms with Gasteiger partial charge in [-0.15, -0.1) is 0 Å². The minimum atomic E-state index is -0.169. The standard InChI is InChI=1S/C13H10BrClN2O/c1-8-2-3-9(14)6-11(8)13(18)17-10-4-5-12(15)16-7-10/h2-7H,1H3,(H,17,18). The number of nitrogens with one attached hydrogen (secondary N) is 1. The first kappa shape index (κ1) is 13.1. The van der Waals surface area contributed by atoms with Crippen LogP contribution in [0.1, 0.15) is 15.9 Å². The van der Waals surface area contributed by atoms with E-state index in [4.69, 9.17) is 11.6 Å². The molecule has 0 spiro atoms. The molecule has 0 saturated carbocycles. The van der Waals surface area contributed by atoms with Crippen LogP contribution in [0.25, 0.3) is 0 Å². The number of anilines is 1. The van der Waals surface area contributed by atoms with Crippen LogP contribution in [0.5, 0.6) is 0 Å². The highest BCUT2D eigenvalue weighted by Crippen LogP contribution is 2.18. The molecular formula is C13H10BrClN2O. The van der Waals surface area contributed by atoms with Crippen molar-refractivity contribution in [3.63, 3.8) is 0 Å². The van der Waals surface area contributed by atoms with Gasteiger partial charge in [-0.2, -0.15) is 0 Å². The number of nitrogens with zero attached hydrogens (tertiary/aromatic N) is 1. The number of benzene rings is 1. The third kappa shape index (κ3) is 3.09. The second kappa shape index (κ2) is 5.50. The minimum Gasteiger partial charge on any atom is -0.321 e. The van der Waals surface area contributed by atoms with Crippen LogP contribution >= 0.6 is 27.5 Å². The lowest BCUT2D eigenvalue weighted by Crippen LogP contribution is -2.13. The highest BCUT2D eigenvalue weighted by Gasteiger charge is 2.09. The summed E-state index contributed by atoms with van der Waals surface area (Å²) in [6.45, 7) is 1.89. The third-order valence-electron chi connectivity index (χ3n) is 2.43. The van der Waals surface area contributed by atoms with Crippen molar-refractivity contribution in [3.8, 4) is 0 Å². The van der Waals surface area contributed by atoms with Crippen molar-refractivity contribution >= 4 is 39.1 Å². The number of carbonyl (C=O) groups excluding carboxylic acids is 1. The Morgan fingerprint density at radius 3 is 2.78 bits per heavy atom. The normalized spacial score (nSPS) is 10.2. The summed E-state index contributed by atoms with van der Waals surface area (Å²) in [5, 5.41) is 3.17. The van der Waals surface area contributed by atoms with Gasteiger partial charge in [0.15, 0.2) is 0 Å². The van der Waals surface area contributed by atoms with Gasteiger partial charge in [-0.25, -0.2) is 4.98 Å². The molecule has 0 saturated heterocycles. The zero-order chi connectivity index (χ0) is 13.1. The Kier molecular flexibility index (Phi) is 3.99. The lowest BCUT2D eigenvalue weighted by atomic mass is 10.1. The van der Waals surface area contributed by atoms with Gasteiger partial charge < -0.3 is 5.32 Å². The van der Waals surface area contributed by atoms with E-state index in [0.717, 1.165) is 10.0 Å². The van der Waals surface area contributed by atoms with E-state index >= 15 is 0 Å². The molecule has 0 aliphatic heterocycles. The predicted molar refractivity (Wildman–Crippen MR) is 76.1 cm³/mol. The monoisotopic (exact) mass is 324 g/mol. The van der Waals surface area contributed by atoms with Crippen LogP contribution in [-0.2, 0) is 0 Å². The number of aryl methyl sites for hydroxylation is 1. The fourth-order valence-electron chi connectivity index (χ4n) is 1.49. The smallest absolute Gasteiger partial charge is 0.256 e. The molecule has 0 aliphatic rings. The van der Waals surface area contributed by atoms with Crippen LogP contribution in [0.15, 0.2) is 41.0 Å². The molecule has 5 heteroatoms. The molecule has 18 heavy (non-hydrogen) atoms. The van der Waals surface area contributed by atoms with Crippen molar-refractivity contribution in [2.24, 2.45) is 0 Å². The summed E-state index contributed by atoms with van der Waals surface area (Å²) in [4.78, 5) is 16.0. The molecule has 0 bridgehead atoms. The molecule has 1 heterocycles. The molecule has 0 atom stereocenters. The topological polar surface area (TPSA) is 42.0 Å². The molecule has 1 amide bonds. The number of hydrogen-bond donors (Lipinski definition) is 1. The Hall–Kier alpha value is -1.39. The van der Waals surface area contributed by atoms with Crippen LogP contribution in [0, 0.1) is 6.92 Å². The lowest BCUT2D eigenvalue weighted by molar-refractivity contribution is 0.102. The van der Waals surface area contributed by atoms with E-state index in [0.29, 0.717) is 16.4 Å². The molecule has 0 unspecified atom stereocenters. The van der Waals surface area contributed by atoms with Gasteiger partial charge in [0.1, 0.15) is 5.15 Å². The molecule has 1 aromatic carbocycles. The Morgan fingerprint density at radius 1 is 1.33 bits per heavy atom. The van der Waals surface area contributed by atoms with Crippen LogP contribution in [-0.4, -0.2) is 10.9 Å². The Balaban J connectivity index is 2.21. The largest absolute Gasteiger partial charge is 0.321 e. The number of hydrogen-bond acceptors (Lipinski definition) is 2. The van der Waals surface area contributed by atoms with E-state index in [-0.39, 0.29) is 5.91 Å². The molecule has 0 fully saturated rings. The molecule has 1 aromatic heterocycles. The highest BCUT2D eigenvalue weighted by molar-refractivity contribution is 9.10. The van der Waals surface area contributed by atoms with Crippen LogP contribution in [0.2, 0.25) is 5.15 Å². The Morgan fingerprint density at radius 2 is 2.11 bits per heavy atom. The first-order chi connectivity index (χ1) is 8.56. The number of halogens is 2. The molecule has 0 radical (unpaired) electrons. The maximum Gasteiger partial charge on any atom is 0.256 e. The van der Waals surface area contributed by atoms with Crippen molar-refractivity contribution < 1.29 is 4.79 Å². The van der Waals surface area contributed by atoms with E-state index in [2.05, 4.69) is 26.2 Å².